The molecule has 0 bridgehead atoms. The van der Waals surface area contributed by atoms with Gasteiger partial charge in [0.25, 0.3) is 5.91 Å². The number of aromatic amines is 1. The Morgan fingerprint density at radius 2 is 1.76 bits per heavy atom. The van der Waals surface area contributed by atoms with Crippen LogP contribution in [0.4, 0.5) is 0 Å². The number of hydrogen-bond donors (Lipinski definition) is 1. The van der Waals surface area contributed by atoms with E-state index in [4.69, 9.17) is 4.99 Å². The molecular formula is C29H29N7O. The highest BCUT2D eigenvalue weighted by Gasteiger charge is 2.49. The van der Waals surface area contributed by atoms with Crippen LogP contribution in [-0.2, 0) is 11.3 Å². The van der Waals surface area contributed by atoms with Crippen molar-refractivity contribution in [1.82, 2.24) is 30.5 Å². The van der Waals surface area contributed by atoms with Gasteiger partial charge in [-0.15, -0.1) is 10.2 Å². The Morgan fingerprint density at radius 3 is 2.46 bits per heavy atom. The zero-order valence-electron chi connectivity index (χ0n) is 21.1. The van der Waals surface area contributed by atoms with Crippen LogP contribution < -0.4 is 0 Å². The third-order valence-electron chi connectivity index (χ3n) is 7.47. The molecule has 8 nitrogen and oxygen atoms in total. The Bertz CT molecular complexity index is 1470. The first-order valence-electron chi connectivity index (χ1n) is 12.9. The highest BCUT2D eigenvalue weighted by atomic mass is 16.2. The summed E-state index contributed by atoms with van der Waals surface area (Å²) in [6, 6.07) is 18.6. The van der Waals surface area contributed by atoms with Crippen molar-refractivity contribution < 1.29 is 4.79 Å². The number of aliphatic imine (C=N–C) groups is 1. The minimum absolute atomic E-state index is 0.170. The lowest BCUT2D eigenvalue weighted by molar-refractivity contribution is -0.131. The quantitative estimate of drug-likeness (QED) is 0.391. The number of H-pyrrole nitrogens is 1. The molecule has 186 valence electrons. The van der Waals surface area contributed by atoms with Crippen molar-refractivity contribution >= 4 is 11.7 Å². The van der Waals surface area contributed by atoms with Crippen LogP contribution in [0.3, 0.4) is 0 Å². The molecule has 4 aromatic rings. The summed E-state index contributed by atoms with van der Waals surface area (Å²) < 4.78 is 0. The van der Waals surface area contributed by atoms with Gasteiger partial charge in [0.15, 0.2) is 0 Å². The highest BCUT2D eigenvalue weighted by molar-refractivity contribution is 6.08. The predicted octanol–water partition coefficient (Wildman–Crippen LogP) is 5.37. The van der Waals surface area contributed by atoms with Gasteiger partial charge in [-0.25, -0.2) is 0 Å². The predicted molar refractivity (Wildman–Crippen MR) is 142 cm³/mol. The van der Waals surface area contributed by atoms with Gasteiger partial charge in [0.05, 0.1) is 12.2 Å². The Kier molecular flexibility index (Phi) is 5.87. The molecule has 1 saturated carbocycles. The number of rotatable bonds is 6. The third kappa shape index (κ3) is 4.22. The summed E-state index contributed by atoms with van der Waals surface area (Å²) in [5.74, 6) is 1.62. The van der Waals surface area contributed by atoms with Crippen LogP contribution in [-0.4, -0.2) is 47.8 Å². The van der Waals surface area contributed by atoms with Crippen molar-refractivity contribution in [3.05, 3.63) is 71.9 Å². The lowest BCUT2D eigenvalue weighted by Gasteiger charge is -2.22. The second-order valence-electron chi connectivity index (χ2n) is 9.92. The van der Waals surface area contributed by atoms with Crippen LogP contribution in [0.2, 0.25) is 0 Å². The number of pyridine rings is 1. The van der Waals surface area contributed by atoms with E-state index < -0.39 is 5.54 Å². The molecule has 1 aliphatic heterocycles. The van der Waals surface area contributed by atoms with Gasteiger partial charge >= 0.3 is 0 Å². The fourth-order valence-electron chi connectivity index (χ4n) is 5.52. The Hall–Kier alpha value is -4.20. The van der Waals surface area contributed by atoms with Crippen LogP contribution in [0.1, 0.15) is 50.2 Å². The normalized spacial score (nSPS) is 16.5. The molecule has 0 saturated heterocycles. The maximum atomic E-state index is 13.3. The molecule has 1 N–H and O–H groups in total. The molecule has 3 heterocycles. The number of hydrogen-bond acceptors (Lipinski definition) is 6. The molecule has 2 aromatic carbocycles. The number of aryl methyl sites for hydroxylation is 1. The molecule has 1 spiro atoms. The molecule has 1 fully saturated rings. The molecule has 0 unspecified atom stereocenters. The number of tetrazole rings is 1. The molecule has 37 heavy (non-hydrogen) atoms. The van der Waals surface area contributed by atoms with E-state index in [0.717, 1.165) is 77.0 Å². The molecular weight excluding hydrogens is 462 g/mol. The van der Waals surface area contributed by atoms with Crippen molar-refractivity contribution in [1.29, 1.82) is 0 Å². The van der Waals surface area contributed by atoms with Crippen LogP contribution in [0.25, 0.3) is 33.8 Å². The SMILES string of the molecule is CCC1=NC2(CCCC2)C(=O)N1Cc1ccc(-c2cc(-c3cc(C)ccn3)ccc2-c2nn[nH]n2)cc1. The van der Waals surface area contributed by atoms with Crippen LogP contribution >= 0.6 is 0 Å². The Morgan fingerprint density at radius 1 is 0.973 bits per heavy atom. The lowest BCUT2D eigenvalue weighted by Crippen LogP contribution is -2.40. The number of amidine groups is 1. The van der Waals surface area contributed by atoms with E-state index in [1.165, 1.54) is 0 Å². The van der Waals surface area contributed by atoms with Crippen molar-refractivity contribution in [2.24, 2.45) is 4.99 Å². The second-order valence-corrected chi connectivity index (χ2v) is 9.92. The number of amides is 1. The second kappa shape index (κ2) is 9.35. The van der Waals surface area contributed by atoms with Gasteiger partial charge in [-0.3, -0.25) is 19.7 Å². The summed E-state index contributed by atoms with van der Waals surface area (Å²) >= 11 is 0. The molecule has 1 amide bonds. The van der Waals surface area contributed by atoms with E-state index in [0.29, 0.717) is 12.4 Å². The topological polar surface area (TPSA) is 100 Å². The van der Waals surface area contributed by atoms with Gasteiger partial charge in [-0.1, -0.05) is 50.1 Å². The molecule has 1 aliphatic carbocycles. The lowest BCUT2D eigenvalue weighted by atomic mass is 9.94. The van der Waals surface area contributed by atoms with Gasteiger partial charge in [0.1, 0.15) is 11.4 Å². The van der Waals surface area contributed by atoms with E-state index in [1.807, 2.05) is 29.3 Å². The number of carbonyl (C=O) groups is 1. The minimum Gasteiger partial charge on any atom is -0.294 e. The van der Waals surface area contributed by atoms with Crippen LogP contribution in [0.15, 0.2) is 65.8 Å². The van der Waals surface area contributed by atoms with Crippen molar-refractivity contribution in [3.63, 3.8) is 0 Å². The van der Waals surface area contributed by atoms with E-state index in [-0.39, 0.29) is 5.91 Å². The molecule has 8 heteroatoms. The summed E-state index contributed by atoms with van der Waals surface area (Å²) in [6.07, 6.45) is 6.49. The molecule has 2 aromatic heterocycles. The average molecular weight is 492 g/mol. The summed E-state index contributed by atoms with van der Waals surface area (Å²) in [5.41, 5.74) is 6.57. The summed E-state index contributed by atoms with van der Waals surface area (Å²) in [7, 11) is 0. The Labute approximate surface area is 215 Å². The monoisotopic (exact) mass is 491 g/mol. The first kappa shape index (κ1) is 23.2. The zero-order chi connectivity index (χ0) is 25.4. The van der Waals surface area contributed by atoms with E-state index in [2.05, 4.69) is 75.9 Å². The minimum atomic E-state index is -0.505. The molecule has 0 radical (unpaired) electrons. The maximum absolute atomic E-state index is 13.3. The Balaban J connectivity index is 1.32. The van der Waals surface area contributed by atoms with Gasteiger partial charge < -0.3 is 0 Å². The largest absolute Gasteiger partial charge is 0.294 e. The van der Waals surface area contributed by atoms with Gasteiger partial charge in [0, 0.05) is 23.7 Å². The van der Waals surface area contributed by atoms with Crippen molar-refractivity contribution in [2.45, 2.75) is 58.0 Å². The fraction of sp³-hybridized carbons (Fsp3) is 0.310. The highest BCUT2D eigenvalue weighted by Crippen LogP contribution is 2.40. The fourth-order valence-corrected chi connectivity index (χ4v) is 5.52. The van der Waals surface area contributed by atoms with Crippen LogP contribution in [0.5, 0.6) is 0 Å². The van der Waals surface area contributed by atoms with E-state index >= 15 is 0 Å². The van der Waals surface area contributed by atoms with Gasteiger partial charge in [-0.05, 0) is 71.5 Å². The third-order valence-corrected chi connectivity index (χ3v) is 7.47. The first-order chi connectivity index (χ1) is 18.1. The van der Waals surface area contributed by atoms with Gasteiger partial charge in [0.2, 0.25) is 5.82 Å². The summed E-state index contributed by atoms with van der Waals surface area (Å²) in [5, 5.41) is 14.7. The molecule has 6 rings (SSSR count). The molecule has 2 aliphatic rings. The van der Waals surface area contributed by atoms with Crippen molar-refractivity contribution in [3.8, 4) is 33.8 Å². The summed E-state index contributed by atoms with van der Waals surface area (Å²) in [4.78, 5) is 24.7. The number of aromatic nitrogens is 5. The zero-order valence-corrected chi connectivity index (χ0v) is 21.1. The number of nitrogens with zero attached hydrogens (tertiary/aromatic N) is 6. The van der Waals surface area contributed by atoms with E-state index in [9.17, 15) is 4.79 Å². The smallest absolute Gasteiger partial charge is 0.256 e. The van der Waals surface area contributed by atoms with Gasteiger partial charge in [-0.2, -0.15) is 5.21 Å². The number of carbonyl (C=O) groups excluding carboxylic acids is 1. The van der Waals surface area contributed by atoms with E-state index in [1.54, 1.807) is 0 Å². The average Bonchev–Trinajstić information content (AvgIpc) is 3.68. The number of benzene rings is 2. The van der Waals surface area contributed by atoms with Crippen molar-refractivity contribution in [2.75, 3.05) is 0 Å². The first-order valence-corrected chi connectivity index (χ1v) is 12.9. The standard InChI is InChI=1S/C29H29N7O/c1-3-26-31-29(13-4-5-14-29)28(37)36(26)18-20-6-8-21(9-7-20)24-17-22(25-16-19(2)12-15-30-25)10-11-23(24)27-32-34-35-33-27/h6-12,15-17H,3-5,13-14,18H2,1-2H3,(H,32,33,34,35). The number of nitrogens with one attached hydrogen (secondary N) is 1. The van der Waals surface area contributed by atoms with Crippen LogP contribution in [0, 0.1) is 6.92 Å². The molecule has 0 atom stereocenters. The summed E-state index contributed by atoms with van der Waals surface area (Å²) in [6.45, 7) is 4.68. The maximum Gasteiger partial charge on any atom is 0.256 e.